The Labute approximate surface area is 143 Å². The number of furan rings is 1. The lowest BCUT2D eigenvalue weighted by atomic mass is 9.96. The SMILES string of the molecule is Cc1occc1C(=O)N1CCC(NC(=O)CC2=CCCCC2)CC1. The normalized spacial score (nSPS) is 19.0. The standard InChI is InChI=1S/C19H26N2O3/c1-14-17(9-12-24-14)19(23)21-10-7-16(8-11-21)20-18(22)13-15-5-3-2-4-6-15/h5,9,12,16H,2-4,6-8,10-11,13H2,1H3,(H,20,22). The summed E-state index contributed by atoms with van der Waals surface area (Å²) in [4.78, 5) is 26.5. The van der Waals surface area contributed by atoms with Gasteiger partial charge < -0.3 is 14.6 Å². The van der Waals surface area contributed by atoms with E-state index in [0.29, 0.717) is 30.8 Å². The van der Waals surface area contributed by atoms with Crippen LogP contribution in [-0.2, 0) is 4.79 Å². The van der Waals surface area contributed by atoms with Gasteiger partial charge in [0.1, 0.15) is 5.76 Å². The van der Waals surface area contributed by atoms with Gasteiger partial charge in [0, 0.05) is 25.6 Å². The number of hydrogen-bond donors (Lipinski definition) is 1. The molecule has 0 spiro atoms. The van der Waals surface area contributed by atoms with Crippen LogP contribution < -0.4 is 5.32 Å². The first kappa shape index (κ1) is 16.8. The number of piperidine rings is 1. The molecular formula is C19H26N2O3. The van der Waals surface area contributed by atoms with Crippen molar-refractivity contribution in [2.45, 2.75) is 57.9 Å². The summed E-state index contributed by atoms with van der Waals surface area (Å²) in [6.07, 6.45) is 10.5. The van der Waals surface area contributed by atoms with E-state index in [0.717, 1.165) is 25.7 Å². The Hall–Kier alpha value is -2.04. The van der Waals surface area contributed by atoms with E-state index in [1.165, 1.54) is 18.4 Å². The molecule has 5 nitrogen and oxygen atoms in total. The predicted molar refractivity (Wildman–Crippen MR) is 91.7 cm³/mol. The molecule has 2 heterocycles. The monoisotopic (exact) mass is 330 g/mol. The molecule has 1 aromatic heterocycles. The van der Waals surface area contributed by atoms with E-state index in [-0.39, 0.29) is 17.9 Å². The molecule has 2 amide bonds. The molecule has 0 saturated carbocycles. The summed E-state index contributed by atoms with van der Waals surface area (Å²) < 4.78 is 5.21. The maximum atomic E-state index is 12.4. The van der Waals surface area contributed by atoms with E-state index in [2.05, 4.69) is 11.4 Å². The molecule has 1 aliphatic heterocycles. The number of nitrogens with one attached hydrogen (secondary N) is 1. The Balaban J connectivity index is 1.45. The maximum absolute atomic E-state index is 12.4. The van der Waals surface area contributed by atoms with Gasteiger partial charge in [0.2, 0.25) is 5.91 Å². The average molecular weight is 330 g/mol. The lowest BCUT2D eigenvalue weighted by Crippen LogP contribution is -2.46. The van der Waals surface area contributed by atoms with Gasteiger partial charge in [-0.05, 0) is 51.5 Å². The summed E-state index contributed by atoms with van der Waals surface area (Å²) in [5.74, 6) is 0.813. The van der Waals surface area contributed by atoms with Crippen molar-refractivity contribution in [1.29, 1.82) is 0 Å². The fourth-order valence-corrected chi connectivity index (χ4v) is 3.55. The largest absolute Gasteiger partial charge is 0.469 e. The summed E-state index contributed by atoms with van der Waals surface area (Å²) >= 11 is 0. The maximum Gasteiger partial charge on any atom is 0.257 e. The van der Waals surface area contributed by atoms with Crippen molar-refractivity contribution in [1.82, 2.24) is 10.2 Å². The molecule has 0 unspecified atom stereocenters. The molecule has 1 aromatic rings. The van der Waals surface area contributed by atoms with Crippen LogP contribution in [0.15, 0.2) is 28.4 Å². The van der Waals surface area contributed by atoms with Crippen molar-refractivity contribution in [3.63, 3.8) is 0 Å². The molecule has 1 N–H and O–H groups in total. The van der Waals surface area contributed by atoms with Gasteiger partial charge in [0.05, 0.1) is 11.8 Å². The second kappa shape index (κ2) is 7.69. The number of aryl methyl sites for hydroxylation is 1. The molecule has 130 valence electrons. The molecule has 0 radical (unpaired) electrons. The topological polar surface area (TPSA) is 62.6 Å². The van der Waals surface area contributed by atoms with Crippen molar-refractivity contribution < 1.29 is 14.0 Å². The number of hydrogen-bond acceptors (Lipinski definition) is 3. The Morgan fingerprint density at radius 1 is 1.29 bits per heavy atom. The van der Waals surface area contributed by atoms with Crippen molar-refractivity contribution >= 4 is 11.8 Å². The second-order valence-electron chi connectivity index (χ2n) is 6.81. The fraction of sp³-hybridized carbons (Fsp3) is 0.579. The summed E-state index contributed by atoms with van der Waals surface area (Å²) in [5, 5.41) is 3.14. The zero-order chi connectivity index (χ0) is 16.9. The first-order valence-electron chi connectivity index (χ1n) is 8.94. The number of rotatable bonds is 4. The summed E-state index contributed by atoms with van der Waals surface area (Å²) in [7, 11) is 0. The molecule has 5 heteroatoms. The summed E-state index contributed by atoms with van der Waals surface area (Å²) in [6.45, 7) is 3.16. The molecule has 1 fully saturated rings. The van der Waals surface area contributed by atoms with Gasteiger partial charge >= 0.3 is 0 Å². The third-order valence-electron chi connectivity index (χ3n) is 5.01. The van der Waals surface area contributed by atoms with Gasteiger partial charge in [-0.2, -0.15) is 0 Å². The van der Waals surface area contributed by atoms with Crippen LogP contribution in [-0.4, -0.2) is 35.8 Å². The summed E-state index contributed by atoms with van der Waals surface area (Å²) in [6, 6.07) is 1.90. The third-order valence-corrected chi connectivity index (χ3v) is 5.01. The Kier molecular flexibility index (Phi) is 5.38. The number of carbonyl (C=O) groups excluding carboxylic acids is 2. The predicted octanol–water partition coefficient (Wildman–Crippen LogP) is 3.20. The minimum atomic E-state index is 0.0263. The van der Waals surface area contributed by atoms with Gasteiger partial charge in [-0.3, -0.25) is 9.59 Å². The molecule has 0 bridgehead atoms. The van der Waals surface area contributed by atoms with Gasteiger partial charge in [-0.15, -0.1) is 0 Å². The van der Waals surface area contributed by atoms with E-state index in [1.54, 1.807) is 19.3 Å². The van der Waals surface area contributed by atoms with Crippen molar-refractivity contribution in [2.75, 3.05) is 13.1 Å². The van der Waals surface area contributed by atoms with Gasteiger partial charge in [-0.1, -0.05) is 11.6 Å². The van der Waals surface area contributed by atoms with Crippen LogP contribution in [0, 0.1) is 6.92 Å². The van der Waals surface area contributed by atoms with Gasteiger partial charge in [0.15, 0.2) is 0 Å². The Morgan fingerprint density at radius 2 is 2.08 bits per heavy atom. The third kappa shape index (κ3) is 4.08. The highest BCUT2D eigenvalue weighted by Gasteiger charge is 2.26. The number of likely N-dealkylation sites (tertiary alicyclic amines) is 1. The zero-order valence-corrected chi connectivity index (χ0v) is 14.3. The van der Waals surface area contributed by atoms with Crippen molar-refractivity contribution in [3.05, 3.63) is 35.3 Å². The zero-order valence-electron chi connectivity index (χ0n) is 14.3. The minimum Gasteiger partial charge on any atom is -0.469 e. The first-order valence-corrected chi connectivity index (χ1v) is 8.94. The van der Waals surface area contributed by atoms with Crippen LogP contribution in [0.4, 0.5) is 0 Å². The molecule has 24 heavy (non-hydrogen) atoms. The van der Waals surface area contributed by atoms with Crippen LogP contribution in [0.25, 0.3) is 0 Å². The highest BCUT2D eigenvalue weighted by Crippen LogP contribution is 2.21. The van der Waals surface area contributed by atoms with E-state index in [1.807, 2.05) is 4.90 Å². The van der Waals surface area contributed by atoms with Crippen LogP contribution in [0.3, 0.4) is 0 Å². The second-order valence-corrected chi connectivity index (χ2v) is 6.81. The highest BCUT2D eigenvalue weighted by atomic mass is 16.3. The van der Waals surface area contributed by atoms with Gasteiger partial charge in [0.25, 0.3) is 5.91 Å². The molecule has 0 atom stereocenters. The quantitative estimate of drug-likeness (QED) is 0.862. The molecule has 0 aromatic carbocycles. The first-order chi connectivity index (χ1) is 11.6. The van der Waals surface area contributed by atoms with E-state index in [9.17, 15) is 9.59 Å². The summed E-state index contributed by atoms with van der Waals surface area (Å²) in [5.41, 5.74) is 1.92. The molecule has 1 aliphatic carbocycles. The highest BCUT2D eigenvalue weighted by molar-refractivity contribution is 5.95. The lowest BCUT2D eigenvalue weighted by molar-refractivity contribution is -0.121. The molecule has 1 saturated heterocycles. The van der Waals surface area contributed by atoms with Crippen LogP contribution in [0.5, 0.6) is 0 Å². The van der Waals surface area contributed by atoms with E-state index >= 15 is 0 Å². The lowest BCUT2D eigenvalue weighted by Gasteiger charge is -2.32. The number of allylic oxidation sites excluding steroid dienone is 1. The Bertz CT molecular complexity index is 624. The smallest absolute Gasteiger partial charge is 0.257 e. The number of nitrogens with zero attached hydrogens (tertiary/aromatic N) is 1. The molecule has 3 rings (SSSR count). The Morgan fingerprint density at radius 3 is 2.71 bits per heavy atom. The molecule has 2 aliphatic rings. The van der Waals surface area contributed by atoms with Crippen LogP contribution in [0.1, 0.15) is 61.1 Å². The molecular weight excluding hydrogens is 304 g/mol. The average Bonchev–Trinajstić information content (AvgIpc) is 3.02. The van der Waals surface area contributed by atoms with E-state index < -0.39 is 0 Å². The fourth-order valence-electron chi connectivity index (χ4n) is 3.55. The minimum absolute atomic E-state index is 0.0263. The van der Waals surface area contributed by atoms with Crippen molar-refractivity contribution in [2.24, 2.45) is 0 Å². The van der Waals surface area contributed by atoms with Crippen molar-refractivity contribution in [3.8, 4) is 0 Å². The van der Waals surface area contributed by atoms with E-state index in [4.69, 9.17) is 4.42 Å². The number of carbonyl (C=O) groups is 2. The van der Waals surface area contributed by atoms with Crippen LogP contribution >= 0.6 is 0 Å². The number of amides is 2. The van der Waals surface area contributed by atoms with Gasteiger partial charge in [-0.25, -0.2) is 0 Å². The van der Waals surface area contributed by atoms with Crippen LogP contribution in [0.2, 0.25) is 0 Å².